The van der Waals surface area contributed by atoms with Gasteiger partial charge >= 0.3 is 6.18 Å². The summed E-state index contributed by atoms with van der Waals surface area (Å²) in [5.74, 6) is 1.36. The second-order valence-electron chi connectivity index (χ2n) is 12.1. The summed E-state index contributed by atoms with van der Waals surface area (Å²) < 4.78 is 53.4. The summed E-state index contributed by atoms with van der Waals surface area (Å²) in [6, 6.07) is 6.82. The third-order valence-corrected chi connectivity index (χ3v) is 9.13. The molecule has 4 fully saturated rings. The Bertz CT molecular complexity index is 1730. The lowest BCUT2D eigenvalue weighted by Crippen LogP contribution is -2.78. The summed E-state index contributed by atoms with van der Waals surface area (Å²) in [4.78, 5) is 28.2. The van der Waals surface area contributed by atoms with Gasteiger partial charge in [0.05, 0.1) is 22.7 Å². The van der Waals surface area contributed by atoms with E-state index in [0.29, 0.717) is 50.8 Å². The van der Waals surface area contributed by atoms with Gasteiger partial charge in [0.25, 0.3) is 11.8 Å². The van der Waals surface area contributed by atoms with Gasteiger partial charge in [-0.3, -0.25) is 9.59 Å². The maximum absolute atomic E-state index is 13.2. The number of ether oxygens (including phenoxy) is 1. The second kappa shape index (κ2) is 8.50. The SMILES string of the molecule is Cc1oc2cc(Oc3ccnn4cc(C(=O)N5CCC(C)C5)c(C)c34)ccc2c1C(=O)NC12CC(C(F)(F)F)(C1)C2. The standard InChI is InChI=1S/C30H29F3N4O4/c1-16-7-9-36(11-16)27(39)21-12-37-25(17(21)2)22(6-8-34-37)41-19-4-5-20-23(10-19)40-18(3)24(20)26(38)35-29-13-28(14-29,15-29)30(31,32)33/h4-6,8,10,12,16H,7,9,11,13-15H2,1-3H3,(H,35,38). The molecular formula is C30H29F3N4O4. The lowest BCUT2D eigenvalue weighted by atomic mass is 9.39. The summed E-state index contributed by atoms with van der Waals surface area (Å²) in [5, 5.41) is 7.76. The van der Waals surface area contributed by atoms with Crippen LogP contribution in [0, 0.1) is 25.2 Å². The van der Waals surface area contributed by atoms with Crippen LogP contribution in [0.25, 0.3) is 16.5 Å². The zero-order valence-electron chi connectivity index (χ0n) is 22.9. The Morgan fingerprint density at radius 2 is 1.93 bits per heavy atom. The van der Waals surface area contributed by atoms with Gasteiger partial charge in [-0.1, -0.05) is 6.92 Å². The minimum atomic E-state index is -4.24. The van der Waals surface area contributed by atoms with Gasteiger partial charge in [0.2, 0.25) is 0 Å². The summed E-state index contributed by atoms with van der Waals surface area (Å²) >= 11 is 0. The molecule has 8 nitrogen and oxygen atoms in total. The number of rotatable bonds is 5. The third kappa shape index (κ3) is 3.84. The number of carbonyl (C=O) groups is 2. The van der Waals surface area contributed by atoms with Gasteiger partial charge in [-0.25, -0.2) is 4.52 Å². The maximum Gasteiger partial charge on any atom is 0.394 e. The van der Waals surface area contributed by atoms with Crippen molar-refractivity contribution in [2.24, 2.45) is 11.3 Å². The van der Waals surface area contributed by atoms with Crippen molar-refractivity contribution in [1.29, 1.82) is 0 Å². The Kier molecular flexibility index (Phi) is 5.37. The molecule has 11 heteroatoms. The van der Waals surface area contributed by atoms with E-state index < -0.39 is 23.0 Å². The average Bonchev–Trinajstić information content (AvgIpc) is 3.53. The Morgan fingerprint density at radius 1 is 1.17 bits per heavy atom. The van der Waals surface area contributed by atoms with Gasteiger partial charge in [0, 0.05) is 42.3 Å². The van der Waals surface area contributed by atoms with Crippen molar-refractivity contribution in [1.82, 2.24) is 19.8 Å². The van der Waals surface area contributed by atoms with Crippen molar-refractivity contribution >= 4 is 28.3 Å². The number of hydrogen-bond donors (Lipinski definition) is 1. The Morgan fingerprint density at radius 3 is 2.61 bits per heavy atom. The van der Waals surface area contributed by atoms with Crippen LogP contribution in [-0.2, 0) is 0 Å². The highest BCUT2D eigenvalue weighted by Gasteiger charge is 2.79. The molecule has 3 aromatic heterocycles. The molecule has 4 aliphatic rings. The van der Waals surface area contributed by atoms with E-state index in [4.69, 9.17) is 9.15 Å². The lowest BCUT2D eigenvalue weighted by Gasteiger charge is -2.70. The Hall–Kier alpha value is -4.02. The first-order valence-electron chi connectivity index (χ1n) is 13.8. The number of benzene rings is 1. The van der Waals surface area contributed by atoms with Crippen molar-refractivity contribution in [3.05, 3.63) is 59.1 Å². The molecule has 1 atom stereocenters. The van der Waals surface area contributed by atoms with Gasteiger partial charge in [-0.15, -0.1) is 0 Å². The number of alkyl halides is 3. The largest absolute Gasteiger partial charge is 0.460 e. The Labute approximate surface area is 233 Å². The molecule has 1 N–H and O–H groups in total. The molecular weight excluding hydrogens is 537 g/mol. The minimum absolute atomic E-state index is 0.0194. The molecule has 1 saturated heterocycles. The molecule has 2 amide bonds. The van der Waals surface area contributed by atoms with E-state index in [1.165, 1.54) is 0 Å². The number of carbonyl (C=O) groups excluding carboxylic acids is 2. The molecule has 214 valence electrons. The molecule has 3 aliphatic carbocycles. The molecule has 2 bridgehead atoms. The van der Waals surface area contributed by atoms with Crippen LogP contribution in [0.15, 0.2) is 41.1 Å². The molecule has 1 aliphatic heterocycles. The average molecular weight is 567 g/mol. The summed E-state index contributed by atoms with van der Waals surface area (Å²) in [7, 11) is 0. The van der Waals surface area contributed by atoms with Crippen molar-refractivity contribution in [3.63, 3.8) is 0 Å². The smallest absolute Gasteiger partial charge is 0.394 e. The third-order valence-electron chi connectivity index (χ3n) is 9.13. The number of likely N-dealkylation sites (tertiary alicyclic amines) is 1. The fraction of sp³-hybridized carbons (Fsp3) is 0.433. The van der Waals surface area contributed by atoms with E-state index in [1.54, 1.807) is 48.1 Å². The topological polar surface area (TPSA) is 89.1 Å². The highest BCUT2D eigenvalue weighted by molar-refractivity contribution is 6.08. The van der Waals surface area contributed by atoms with Crippen LogP contribution < -0.4 is 10.1 Å². The monoisotopic (exact) mass is 566 g/mol. The predicted octanol–water partition coefficient (Wildman–Crippen LogP) is 6.19. The number of hydrogen-bond acceptors (Lipinski definition) is 5. The normalized spacial score (nSPS) is 25.3. The van der Waals surface area contributed by atoms with Gasteiger partial charge in [0.1, 0.15) is 22.6 Å². The highest BCUT2D eigenvalue weighted by atomic mass is 19.4. The molecule has 3 saturated carbocycles. The van der Waals surface area contributed by atoms with Gasteiger partial charge < -0.3 is 19.4 Å². The molecule has 4 aromatic rings. The van der Waals surface area contributed by atoms with Crippen LogP contribution in [-0.4, -0.2) is 51.1 Å². The van der Waals surface area contributed by atoms with Crippen LogP contribution in [0.3, 0.4) is 0 Å². The number of fused-ring (bicyclic) bond motifs is 2. The number of nitrogens with one attached hydrogen (secondary N) is 1. The number of halogens is 3. The second-order valence-corrected chi connectivity index (χ2v) is 12.1. The maximum atomic E-state index is 13.2. The quantitative estimate of drug-likeness (QED) is 0.311. The van der Waals surface area contributed by atoms with E-state index in [-0.39, 0.29) is 25.2 Å². The van der Waals surface area contributed by atoms with E-state index in [1.807, 2.05) is 11.8 Å². The zero-order valence-corrected chi connectivity index (χ0v) is 22.9. The van der Waals surface area contributed by atoms with Gasteiger partial charge in [-0.2, -0.15) is 18.3 Å². The first-order valence-corrected chi connectivity index (χ1v) is 13.8. The van der Waals surface area contributed by atoms with Gasteiger partial charge in [0.15, 0.2) is 5.75 Å². The van der Waals surface area contributed by atoms with Gasteiger partial charge in [-0.05, 0) is 63.1 Å². The summed E-state index contributed by atoms with van der Waals surface area (Å²) in [6.45, 7) is 7.15. The molecule has 1 unspecified atom stereocenters. The molecule has 1 aromatic carbocycles. The highest BCUT2D eigenvalue weighted by Crippen LogP contribution is 2.73. The fourth-order valence-electron chi connectivity index (χ4n) is 7.01. The van der Waals surface area contributed by atoms with Crippen LogP contribution in [0.2, 0.25) is 0 Å². The fourth-order valence-corrected chi connectivity index (χ4v) is 7.01. The number of nitrogens with zero attached hydrogens (tertiary/aromatic N) is 3. The van der Waals surface area contributed by atoms with Crippen molar-refractivity contribution in [2.45, 2.75) is 58.2 Å². The lowest BCUT2D eigenvalue weighted by molar-refractivity contribution is -0.336. The van der Waals surface area contributed by atoms with Crippen LogP contribution >= 0.6 is 0 Å². The van der Waals surface area contributed by atoms with E-state index in [0.717, 1.165) is 25.1 Å². The molecule has 0 radical (unpaired) electrons. The first-order chi connectivity index (χ1) is 19.4. The van der Waals surface area contributed by atoms with Crippen molar-refractivity contribution in [3.8, 4) is 11.5 Å². The molecule has 0 spiro atoms. The van der Waals surface area contributed by atoms with Crippen LogP contribution in [0.4, 0.5) is 13.2 Å². The van der Waals surface area contributed by atoms with Crippen molar-refractivity contribution in [2.75, 3.05) is 13.1 Å². The molecule has 4 heterocycles. The summed E-state index contributed by atoms with van der Waals surface area (Å²) in [6.07, 6.45) is -0.153. The number of aromatic nitrogens is 2. The van der Waals surface area contributed by atoms with Crippen molar-refractivity contribution < 1.29 is 31.9 Å². The van der Waals surface area contributed by atoms with Crippen LogP contribution in [0.1, 0.15) is 64.6 Å². The first kappa shape index (κ1) is 25.9. The minimum Gasteiger partial charge on any atom is -0.460 e. The number of aryl methyl sites for hydroxylation is 2. The number of amides is 2. The van der Waals surface area contributed by atoms with E-state index in [9.17, 15) is 22.8 Å². The molecule has 8 rings (SSSR count). The van der Waals surface area contributed by atoms with Crippen LogP contribution in [0.5, 0.6) is 11.5 Å². The predicted molar refractivity (Wildman–Crippen MR) is 143 cm³/mol. The number of furan rings is 1. The van der Waals surface area contributed by atoms with E-state index >= 15 is 0 Å². The zero-order chi connectivity index (χ0) is 28.9. The summed E-state index contributed by atoms with van der Waals surface area (Å²) in [5.41, 5.74) is 0.330. The molecule has 41 heavy (non-hydrogen) atoms. The van der Waals surface area contributed by atoms with E-state index in [2.05, 4.69) is 17.3 Å². The Balaban J connectivity index is 1.13.